The maximum absolute atomic E-state index is 2.43. The summed E-state index contributed by atoms with van der Waals surface area (Å²) in [6.45, 7) is 0. The molecule has 0 aliphatic carbocycles. The molecule has 0 fully saturated rings. The van der Waals surface area contributed by atoms with Crippen LogP contribution in [0.15, 0.2) is 212 Å². The van der Waals surface area contributed by atoms with Gasteiger partial charge in [0, 0.05) is 65.1 Å². The van der Waals surface area contributed by atoms with Crippen LogP contribution < -0.4 is 9.80 Å². The van der Waals surface area contributed by atoms with Gasteiger partial charge < -0.3 is 14.4 Å². The highest BCUT2D eigenvalue weighted by Crippen LogP contribution is 2.48. The Morgan fingerprint density at radius 2 is 0.911 bits per heavy atom. The quantitative estimate of drug-likeness (QED) is 0.162. The van der Waals surface area contributed by atoms with Crippen molar-refractivity contribution in [3.05, 3.63) is 212 Å². The minimum atomic E-state index is 1.07. The van der Waals surface area contributed by atoms with Gasteiger partial charge in [-0.2, -0.15) is 0 Å². The molecule has 0 amide bonds. The Labute approximate surface area is 329 Å². The Bertz CT molecular complexity index is 3200. The number of hydrogen-bond donors (Lipinski definition) is 0. The number of rotatable bonds is 7. The first-order valence-electron chi connectivity index (χ1n) is 19.0. The first-order chi connectivity index (χ1) is 27.8. The summed E-state index contributed by atoms with van der Waals surface area (Å²) in [6, 6.07) is 76.8. The molecule has 0 saturated heterocycles. The predicted molar refractivity (Wildman–Crippen MR) is 241 cm³/mol. The molecule has 0 unspecified atom stereocenters. The molecule has 0 aliphatic rings. The zero-order valence-electron chi connectivity index (χ0n) is 30.5. The second kappa shape index (κ2) is 13.3. The van der Waals surface area contributed by atoms with Crippen molar-refractivity contribution in [2.24, 2.45) is 0 Å². The van der Waals surface area contributed by atoms with Crippen molar-refractivity contribution in [2.45, 2.75) is 0 Å². The lowest BCUT2D eigenvalue weighted by Gasteiger charge is -2.30. The Morgan fingerprint density at radius 1 is 0.339 bits per heavy atom. The lowest BCUT2D eigenvalue weighted by atomic mass is 10.0. The van der Waals surface area contributed by atoms with Crippen LogP contribution in [-0.4, -0.2) is 4.57 Å². The van der Waals surface area contributed by atoms with E-state index in [0.717, 1.165) is 39.8 Å². The predicted octanol–water partition coefficient (Wildman–Crippen LogP) is 15.2. The number of para-hydroxylation sites is 4. The smallest absolute Gasteiger partial charge is 0.0561 e. The van der Waals surface area contributed by atoms with E-state index in [9.17, 15) is 0 Å². The fourth-order valence-electron chi connectivity index (χ4n) is 8.51. The number of benzene rings is 9. The van der Waals surface area contributed by atoms with Gasteiger partial charge in [0.2, 0.25) is 0 Å². The van der Waals surface area contributed by atoms with Crippen molar-refractivity contribution in [3.8, 4) is 5.69 Å². The monoisotopic (exact) mass is 733 g/mol. The summed E-state index contributed by atoms with van der Waals surface area (Å²) in [4.78, 5) is 4.81. The number of thiophene rings is 1. The highest BCUT2D eigenvalue weighted by atomic mass is 32.1. The fraction of sp³-hybridized carbons (Fsp3) is 0. The minimum absolute atomic E-state index is 1.07. The standard InChI is InChI=1S/C52H35N3S/c1-4-17-37(18-5-1)53(42-31-32-45-44-26-12-13-27-46(44)55(48(45)35-42)39-21-8-3-9-22-39)40-23-14-24-41(34-40)54(38-19-6-2-7-20-38)47-28-15-29-49-52(47)51-43-25-11-10-16-36(43)30-33-50(51)56-49/h1-35H. The van der Waals surface area contributed by atoms with Crippen LogP contribution in [0, 0.1) is 0 Å². The van der Waals surface area contributed by atoms with Crippen LogP contribution in [0.1, 0.15) is 0 Å². The summed E-state index contributed by atoms with van der Waals surface area (Å²) in [5.74, 6) is 0. The van der Waals surface area contributed by atoms with E-state index in [4.69, 9.17) is 0 Å². The molecule has 0 N–H and O–H groups in total. The van der Waals surface area contributed by atoms with Crippen molar-refractivity contribution in [1.82, 2.24) is 4.57 Å². The molecular weight excluding hydrogens is 699 g/mol. The van der Waals surface area contributed by atoms with E-state index in [2.05, 4.69) is 227 Å². The molecule has 0 saturated carbocycles. The third-order valence-corrected chi connectivity index (χ3v) is 12.0. The van der Waals surface area contributed by atoms with Crippen LogP contribution >= 0.6 is 11.3 Å². The molecule has 264 valence electrons. The molecule has 0 aliphatic heterocycles. The summed E-state index contributed by atoms with van der Waals surface area (Å²) >= 11 is 1.87. The first-order valence-corrected chi connectivity index (χ1v) is 19.8. The summed E-state index contributed by atoms with van der Waals surface area (Å²) in [5, 5.41) is 7.59. The van der Waals surface area contributed by atoms with Gasteiger partial charge in [-0.25, -0.2) is 0 Å². The molecule has 3 nitrogen and oxygen atoms in total. The van der Waals surface area contributed by atoms with E-state index < -0.39 is 0 Å². The van der Waals surface area contributed by atoms with Crippen LogP contribution in [0.4, 0.5) is 34.1 Å². The molecule has 2 aromatic heterocycles. The third-order valence-electron chi connectivity index (χ3n) is 10.9. The SMILES string of the molecule is c1ccc(N(c2cccc(N(c3ccccc3)c3cccc4sc5ccc6ccccc6c5c34)c2)c2ccc3c4ccccc4n(-c4ccccc4)c3c2)cc1. The lowest BCUT2D eigenvalue weighted by Crippen LogP contribution is -2.13. The van der Waals surface area contributed by atoms with Crippen LogP contribution in [0.5, 0.6) is 0 Å². The maximum Gasteiger partial charge on any atom is 0.0561 e. The normalized spacial score (nSPS) is 11.6. The summed E-state index contributed by atoms with van der Waals surface area (Å²) in [5.41, 5.74) is 10.1. The molecule has 56 heavy (non-hydrogen) atoms. The summed E-state index contributed by atoms with van der Waals surface area (Å²) in [6.07, 6.45) is 0. The van der Waals surface area contributed by atoms with E-state index in [1.54, 1.807) is 0 Å². The number of nitrogens with zero attached hydrogens (tertiary/aromatic N) is 3. The third kappa shape index (κ3) is 5.26. The molecule has 11 aromatic rings. The van der Waals surface area contributed by atoms with Crippen molar-refractivity contribution in [3.63, 3.8) is 0 Å². The highest BCUT2D eigenvalue weighted by molar-refractivity contribution is 7.26. The molecule has 0 bridgehead atoms. The summed E-state index contributed by atoms with van der Waals surface area (Å²) in [7, 11) is 0. The average molecular weight is 734 g/mol. The number of aromatic nitrogens is 1. The molecule has 9 aromatic carbocycles. The van der Waals surface area contributed by atoms with Crippen LogP contribution in [0.3, 0.4) is 0 Å². The average Bonchev–Trinajstić information content (AvgIpc) is 3.82. The number of fused-ring (bicyclic) bond motifs is 8. The van der Waals surface area contributed by atoms with E-state index >= 15 is 0 Å². The van der Waals surface area contributed by atoms with Crippen molar-refractivity contribution >= 4 is 98.2 Å². The summed E-state index contributed by atoms with van der Waals surface area (Å²) < 4.78 is 4.96. The second-order valence-corrected chi connectivity index (χ2v) is 15.2. The zero-order valence-corrected chi connectivity index (χ0v) is 31.3. The molecule has 2 heterocycles. The first kappa shape index (κ1) is 32.3. The van der Waals surface area contributed by atoms with Gasteiger partial charge in [0.05, 0.1) is 16.7 Å². The van der Waals surface area contributed by atoms with Gasteiger partial charge in [-0.3, -0.25) is 0 Å². The lowest BCUT2D eigenvalue weighted by molar-refractivity contribution is 1.18. The van der Waals surface area contributed by atoms with Gasteiger partial charge in [-0.1, -0.05) is 121 Å². The van der Waals surface area contributed by atoms with Crippen LogP contribution in [0.2, 0.25) is 0 Å². The van der Waals surface area contributed by atoms with Gasteiger partial charge in [-0.15, -0.1) is 11.3 Å². The van der Waals surface area contributed by atoms with Crippen LogP contribution in [0.25, 0.3) is 58.4 Å². The Kier molecular flexibility index (Phi) is 7.68. The fourth-order valence-corrected chi connectivity index (χ4v) is 9.65. The number of hydrogen-bond acceptors (Lipinski definition) is 3. The van der Waals surface area contributed by atoms with Gasteiger partial charge in [-0.05, 0) is 102 Å². The Balaban J connectivity index is 1.14. The van der Waals surface area contributed by atoms with Crippen molar-refractivity contribution in [2.75, 3.05) is 9.80 Å². The topological polar surface area (TPSA) is 11.4 Å². The molecule has 11 rings (SSSR count). The Hall–Kier alpha value is -7.14. The number of anilines is 6. The van der Waals surface area contributed by atoms with Gasteiger partial charge in [0.15, 0.2) is 0 Å². The van der Waals surface area contributed by atoms with Gasteiger partial charge in [0.25, 0.3) is 0 Å². The van der Waals surface area contributed by atoms with Gasteiger partial charge >= 0.3 is 0 Å². The molecular formula is C52H35N3S. The maximum atomic E-state index is 2.43. The molecule has 0 spiro atoms. The van der Waals surface area contributed by atoms with Crippen LogP contribution in [-0.2, 0) is 0 Å². The van der Waals surface area contributed by atoms with Gasteiger partial charge in [0.1, 0.15) is 0 Å². The van der Waals surface area contributed by atoms with E-state index in [-0.39, 0.29) is 0 Å². The van der Waals surface area contributed by atoms with E-state index in [1.807, 2.05) is 11.3 Å². The Morgan fingerprint density at radius 3 is 1.70 bits per heavy atom. The van der Waals surface area contributed by atoms with Crippen molar-refractivity contribution in [1.29, 1.82) is 0 Å². The highest BCUT2D eigenvalue weighted by Gasteiger charge is 2.22. The van der Waals surface area contributed by atoms with E-state index in [1.165, 1.54) is 52.8 Å². The zero-order chi connectivity index (χ0) is 37.0. The van der Waals surface area contributed by atoms with E-state index in [0.29, 0.717) is 0 Å². The molecule has 4 heteroatoms. The van der Waals surface area contributed by atoms with Crippen molar-refractivity contribution < 1.29 is 0 Å². The molecule has 0 atom stereocenters. The largest absolute Gasteiger partial charge is 0.310 e. The minimum Gasteiger partial charge on any atom is -0.310 e. The second-order valence-electron chi connectivity index (χ2n) is 14.2. The molecule has 0 radical (unpaired) electrons.